The number of carboxylic acid groups (broad SMARTS) is 1. The summed E-state index contributed by atoms with van der Waals surface area (Å²) in [7, 11) is -1.75. The third-order valence-electron chi connectivity index (χ3n) is 6.76. The Morgan fingerprint density at radius 1 is 1.13 bits per heavy atom. The van der Waals surface area contributed by atoms with Crippen LogP contribution < -0.4 is 5.73 Å². The molecular formula is C22H32N2O5S. The van der Waals surface area contributed by atoms with E-state index in [-0.39, 0.29) is 34.8 Å². The van der Waals surface area contributed by atoms with Crippen molar-refractivity contribution < 1.29 is 23.1 Å². The first-order valence-electron chi connectivity index (χ1n) is 10.7. The maximum absolute atomic E-state index is 13.0. The van der Waals surface area contributed by atoms with Crippen LogP contribution in [0.2, 0.25) is 0 Å². The first-order valence-corrected chi connectivity index (χ1v) is 12.4. The number of aliphatic carboxylic acids is 1. The molecule has 0 saturated heterocycles. The average molecular weight is 437 g/mol. The van der Waals surface area contributed by atoms with Crippen molar-refractivity contribution >= 4 is 21.7 Å². The SMILES string of the molecule is CN(C(=O)[C@@H](N)C1CCC(CS(=O)(=O)c2ccccc2CC(=O)O)CC1)C1CCC1. The maximum atomic E-state index is 13.0. The normalized spacial score (nSPS) is 23.4. The summed E-state index contributed by atoms with van der Waals surface area (Å²) in [6.45, 7) is 0. The quantitative estimate of drug-likeness (QED) is 0.645. The molecule has 2 aliphatic rings. The monoisotopic (exact) mass is 436 g/mol. The van der Waals surface area contributed by atoms with E-state index in [1.807, 2.05) is 7.05 Å². The summed E-state index contributed by atoms with van der Waals surface area (Å²) in [5.74, 6) is -0.974. The fraction of sp³-hybridized carbons (Fsp3) is 0.636. The topological polar surface area (TPSA) is 118 Å². The number of carbonyl (C=O) groups excluding carboxylic acids is 1. The Kier molecular flexibility index (Phi) is 7.18. The maximum Gasteiger partial charge on any atom is 0.307 e. The van der Waals surface area contributed by atoms with Crippen LogP contribution in [-0.2, 0) is 25.8 Å². The molecule has 0 spiro atoms. The standard InChI is InChI=1S/C22H32N2O5S/c1-24(18-6-4-7-18)22(27)21(23)16-11-9-15(10-12-16)14-30(28,29)19-8-3-2-5-17(19)13-20(25)26/h2-3,5,8,15-16,18,21H,4,6-7,9-14,23H2,1H3,(H,25,26)/t15?,16?,21-/m0/s1. The van der Waals surface area contributed by atoms with Crippen molar-refractivity contribution in [3.8, 4) is 0 Å². The molecule has 3 rings (SSSR count). The highest BCUT2D eigenvalue weighted by molar-refractivity contribution is 7.91. The van der Waals surface area contributed by atoms with Gasteiger partial charge in [-0.25, -0.2) is 8.42 Å². The lowest BCUT2D eigenvalue weighted by Crippen LogP contribution is -2.52. The molecule has 30 heavy (non-hydrogen) atoms. The Hall–Kier alpha value is -1.93. The minimum Gasteiger partial charge on any atom is -0.481 e. The molecule has 1 aromatic carbocycles. The molecular weight excluding hydrogens is 404 g/mol. The van der Waals surface area contributed by atoms with E-state index >= 15 is 0 Å². The van der Waals surface area contributed by atoms with Gasteiger partial charge in [0.05, 0.1) is 23.1 Å². The number of hydrogen-bond donors (Lipinski definition) is 2. The van der Waals surface area contributed by atoms with Crippen LogP contribution in [0.1, 0.15) is 50.5 Å². The molecule has 166 valence electrons. The van der Waals surface area contributed by atoms with Crippen LogP contribution in [0.4, 0.5) is 0 Å². The predicted molar refractivity (Wildman–Crippen MR) is 114 cm³/mol. The lowest BCUT2D eigenvalue weighted by Gasteiger charge is -2.38. The molecule has 8 heteroatoms. The zero-order valence-electron chi connectivity index (χ0n) is 17.5. The van der Waals surface area contributed by atoms with E-state index in [1.165, 1.54) is 6.07 Å². The number of carboxylic acids is 1. The van der Waals surface area contributed by atoms with Gasteiger partial charge in [-0.05, 0) is 68.4 Å². The van der Waals surface area contributed by atoms with Crippen LogP contribution in [-0.4, -0.2) is 55.2 Å². The number of nitrogens with two attached hydrogens (primary N) is 1. The molecule has 3 N–H and O–H groups in total. The van der Waals surface area contributed by atoms with Gasteiger partial charge < -0.3 is 15.7 Å². The fourth-order valence-corrected chi connectivity index (χ4v) is 6.58. The minimum atomic E-state index is -3.58. The summed E-state index contributed by atoms with van der Waals surface area (Å²) in [6.07, 6.45) is 5.83. The number of amides is 1. The second-order valence-electron chi connectivity index (χ2n) is 8.80. The smallest absolute Gasteiger partial charge is 0.307 e. The van der Waals surface area contributed by atoms with Crippen molar-refractivity contribution in [2.75, 3.05) is 12.8 Å². The first kappa shape index (κ1) is 22.7. The Morgan fingerprint density at radius 2 is 1.77 bits per heavy atom. The third-order valence-corrected chi connectivity index (χ3v) is 8.74. The lowest BCUT2D eigenvalue weighted by atomic mass is 9.78. The van der Waals surface area contributed by atoms with Gasteiger partial charge >= 0.3 is 5.97 Å². The number of hydrogen-bond acceptors (Lipinski definition) is 5. The van der Waals surface area contributed by atoms with Crippen molar-refractivity contribution in [1.29, 1.82) is 0 Å². The molecule has 2 aliphatic carbocycles. The van der Waals surface area contributed by atoms with E-state index in [1.54, 1.807) is 23.1 Å². The molecule has 2 fully saturated rings. The van der Waals surface area contributed by atoms with E-state index in [4.69, 9.17) is 10.8 Å². The molecule has 0 heterocycles. The fourth-order valence-electron chi connectivity index (χ4n) is 4.62. The molecule has 0 radical (unpaired) electrons. The highest BCUT2D eigenvalue weighted by atomic mass is 32.2. The predicted octanol–water partition coefficient (Wildman–Crippen LogP) is 2.23. The van der Waals surface area contributed by atoms with Crippen molar-refractivity contribution in [3.05, 3.63) is 29.8 Å². The summed E-state index contributed by atoms with van der Waals surface area (Å²) < 4.78 is 25.9. The second-order valence-corrected chi connectivity index (χ2v) is 10.8. The molecule has 0 bridgehead atoms. The third kappa shape index (κ3) is 5.21. The van der Waals surface area contributed by atoms with E-state index < -0.39 is 21.8 Å². The molecule has 1 aromatic rings. The zero-order valence-corrected chi connectivity index (χ0v) is 18.3. The largest absolute Gasteiger partial charge is 0.481 e. The van der Waals surface area contributed by atoms with Gasteiger partial charge in [0.1, 0.15) is 0 Å². The molecule has 1 amide bonds. The van der Waals surface area contributed by atoms with Gasteiger partial charge in [0, 0.05) is 13.1 Å². The van der Waals surface area contributed by atoms with Gasteiger partial charge in [0.15, 0.2) is 9.84 Å². The molecule has 1 atom stereocenters. The van der Waals surface area contributed by atoms with E-state index in [0.29, 0.717) is 24.4 Å². The number of likely N-dealkylation sites (N-methyl/N-ethyl adjacent to an activating group) is 1. The summed E-state index contributed by atoms with van der Waals surface area (Å²) in [6, 6.07) is 6.12. The van der Waals surface area contributed by atoms with Crippen LogP contribution in [0.3, 0.4) is 0 Å². The molecule has 0 aromatic heterocycles. The number of rotatable bonds is 8. The van der Waals surface area contributed by atoms with E-state index in [0.717, 1.165) is 32.1 Å². The van der Waals surface area contributed by atoms with Gasteiger partial charge in [-0.3, -0.25) is 9.59 Å². The van der Waals surface area contributed by atoms with Gasteiger partial charge in [-0.1, -0.05) is 18.2 Å². The van der Waals surface area contributed by atoms with Crippen molar-refractivity contribution in [2.45, 2.75) is 68.3 Å². The van der Waals surface area contributed by atoms with Crippen LogP contribution in [0.15, 0.2) is 29.2 Å². The van der Waals surface area contributed by atoms with Crippen LogP contribution in [0.25, 0.3) is 0 Å². The summed E-state index contributed by atoms with van der Waals surface area (Å²) >= 11 is 0. The van der Waals surface area contributed by atoms with Crippen LogP contribution >= 0.6 is 0 Å². The van der Waals surface area contributed by atoms with Gasteiger partial charge in [0.2, 0.25) is 5.91 Å². The van der Waals surface area contributed by atoms with Crippen LogP contribution in [0, 0.1) is 11.8 Å². The molecule has 7 nitrogen and oxygen atoms in total. The number of nitrogens with zero attached hydrogens (tertiary/aromatic N) is 1. The van der Waals surface area contributed by atoms with Crippen molar-refractivity contribution in [1.82, 2.24) is 4.90 Å². The number of sulfone groups is 1. The molecule has 0 aliphatic heterocycles. The highest BCUT2D eigenvalue weighted by Gasteiger charge is 2.35. The highest BCUT2D eigenvalue weighted by Crippen LogP contribution is 2.34. The Morgan fingerprint density at radius 3 is 2.33 bits per heavy atom. The van der Waals surface area contributed by atoms with Gasteiger partial charge in [-0.15, -0.1) is 0 Å². The second kappa shape index (κ2) is 9.47. The first-order chi connectivity index (χ1) is 14.2. The minimum absolute atomic E-state index is 0.00150. The van der Waals surface area contributed by atoms with E-state index in [2.05, 4.69) is 0 Å². The zero-order chi connectivity index (χ0) is 21.9. The van der Waals surface area contributed by atoms with E-state index in [9.17, 15) is 18.0 Å². The van der Waals surface area contributed by atoms with Crippen molar-refractivity contribution in [3.63, 3.8) is 0 Å². The summed E-state index contributed by atoms with van der Waals surface area (Å²) in [4.78, 5) is 25.6. The number of carbonyl (C=O) groups is 2. The van der Waals surface area contributed by atoms with Gasteiger partial charge in [0.25, 0.3) is 0 Å². The Balaban J connectivity index is 1.58. The lowest BCUT2D eigenvalue weighted by molar-refractivity contribution is -0.137. The van der Waals surface area contributed by atoms with Crippen molar-refractivity contribution in [2.24, 2.45) is 17.6 Å². The van der Waals surface area contributed by atoms with Gasteiger partial charge in [-0.2, -0.15) is 0 Å². The Labute approximate surface area is 178 Å². The summed E-state index contributed by atoms with van der Waals surface area (Å²) in [5, 5.41) is 9.06. The average Bonchev–Trinajstić information content (AvgIpc) is 2.65. The molecule has 0 unspecified atom stereocenters. The summed E-state index contributed by atoms with van der Waals surface area (Å²) in [5.41, 5.74) is 6.60. The Bertz CT molecular complexity index is 873. The molecule has 2 saturated carbocycles. The number of benzene rings is 1. The van der Waals surface area contributed by atoms with Crippen LogP contribution in [0.5, 0.6) is 0 Å².